The molecule has 1 N–H and O–H groups in total. The summed E-state index contributed by atoms with van der Waals surface area (Å²) in [5.74, 6) is 2.86. The van der Waals surface area contributed by atoms with Crippen LogP contribution in [0.3, 0.4) is 0 Å². The topological polar surface area (TPSA) is 62.7 Å². The smallest absolute Gasteiger partial charge is 0.256 e. The first-order valence-corrected chi connectivity index (χ1v) is 13.8. The number of unbranched alkanes of at least 4 members (excludes halogenated alkanes) is 2. The summed E-state index contributed by atoms with van der Waals surface area (Å²) in [5.41, 5.74) is 1.07. The molecule has 1 amide bonds. The summed E-state index contributed by atoms with van der Waals surface area (Å²) in [4.78, 5) is 23.1. The number of rotatable bonds is 13. The van der Waals surface area contributed by atoms with Crippen LogP contribution in [0.2, 0.25) is 0 Å². The first-order chi connectivity index (χ1) is 15.5. The summed E-state index contributed by atoms with van der Waals surface area (Å²) in [6.45, 7) is 3.45. The lowest BCUT2D eigenvalue weighted by molar-refractivity contribution is -0.200. The maximum atomic E-state index is 12.9. The quantitative estimate of drug-likeness (QED) is 0.330. The van der Waals surface area contributed by atoms with Crippen molar-refractivity contribution in [3.8, 4) is 0 Å². The molecule has 4 fully saturated rings. The highest BCUT2D eigenvalue weighted by Gasteiger charge is 2.56. The van der Waals surface area contributed by atoms with Crippen molar-refractivity contribution in [2.75, 3.05) is 24.7 Å². The van der Waals surface area contributed by atoms with E-state index >= 15 is 0 Å². The minimum absolute atomic E-state index is 0.0879. The van der Waals surface area contributed by atoms with Gasteiger partial charge in [-0.3, -0.25) is 14.6 Å². The van der Waals surface area contributed by atoms with Gasteiger partial charge in [0.2, 0.25) is 0 Å². The average molecular weight is 461 g/mol. The lowest BCUT2D eigenvalue weighted by Gasteiger charge is -2.60. The van der Waals surface area contributed by atoms with Crippen LogP contribution in [-0.4, -0.2) is 51.3 Å². The molecule has 2 atom stereocenters. The molecule has 0 spiro atoms. The predicted molar refractivity (Wildman–Crippen MR) is 129 cm³/mol. The SMILES string of the molecule is CCCCCN(OCCC12CC3CC(CC(O)(C3)C1)C2)C(=O)CSCCc1ccncc1. The van der Waals surface area contributed by atoms with Gasteiger partial charge in [-0.05, 0) is 98.5 Å². The molecule has 1 aromatic rings. The van der Waals surface area contributed by atoms with Gasteiger partial charge in [0.25, 0.3) is 5.91 Å². The van der Waals surface area contributed by atoms with Crippen LogP contribution in [0, 0.1) is 17.3 Å². The molecule has 5 rings (SSSR count). The number of carbonyl (C=O) groups excluding carboxylic acids is 1. The molecule has 2 unspecified atom stereocenters. The Morgan fingerprint density at radius 1 is 1.22 bits per heavy atom. The Labute approximate surface area is 197 Å². The normalized spacial score (nSPS) is 30.6. The summed E-state index contributed by atoms with van der Waals surface area (Å²) in [7, 11) is 0. The van der Waals surface area contributed by atoms with E-state index in [4.69, 9.17) is 4.84 Å². The molecule has 0 aromatic carbocycles. The molecule has 4 saturated carbocycles. The van der Waals surface area contributed by atoms with E-state index < -0.39 is 5.60 Å². The summed E-state index contributed by atoms with van der Waals surface area (Å²) in [5, 5.41) is 12.6. The number of hydrogen-bond donors (Lipinski definition) is 1. The van der Waals surface area contributed by atoms with Crippen LogP contribution >= 0.6 is 11.8 Å². The molecule has 1 heterocycles. The molecule has 4 aliphatic carbocycles. The minimum Gasteiger partial charge on any atom is -0.390 e. The molecule has 6 heteroatoms. The Morgan fingerprint density at radius 2 is 1.97 bits per heavy atom. The Morgan fingerprint density at radius 3 is 2.66 bits per heavy atom. The first kappa shape index (κ1) is 24.0. The Hall–Kier alpha value is -1.11. The van der Waals surface area contributed by atoms with E-state index in [1.807, 2.05) is 24.5 Å². The van der Waals surface area contributed by atoms with E-state index in [0.717, 1.165) is 57.1 Å². The van der Waals surface area contributed by atoms with Crippen LogP contribution in [0.4, 0.5) is 0 Å². The van der Waals surface area contributed by atoms with Crippen molar-refractivity contribution in [3.63, 3.8) is 0 Å². The van der Waals surface area contributed by atoms with Gasteiger partial charge in [0.05, 0.1) is 18.0 Å². The number of thioether (sulfide) groups is 1. The molecule has 4 aliphatic rings. The van der Waals surface area contributed by atoms with Gasteiger partial charge in [-0.25, -0.2) is 5.06 Å². The van der Waals surface area contributed by atoms with Gasteiger partial charge >= 0.3 is 0 Å². The molecule has 178 valence electrons. The molecule has 1 aromatic heterocycles. The third-order valence-corrected chi connectivity index (χ3v) is 8.73. The lowest BCUT2D eigenvalue weighted by atomic mass is 9.47. The number of nitrogens with zero attached hydrogens (tertiary/aromatic N) is 2. The van der Waals surface area contributed by atoms with Gasteiger partial charge in [0.15, 0.2) is 0 Å². The lowest BCUT2D eigenvalue weighted by Crippen LogP contribution is -2.55. The molecule has 0 radical (unpaired) electrons. The highest BCUT2D eigenvalue weighted by atomic mass is 32.2. The van der Waals surface area contributed by atoms with Gasteiger partial charge < -0.3 is 5.11 Å². The zero-order valence-corrected chi connectivity index (χ0v) is 20.5. The number of amides is 1. The number of pyridine rings is 1. The molecule has 4 bridgehead atoms. The fourth-order valence-corrected chi connectivity index (χ4v) is 7.65. The van der Waals surface area contributed by atoms with Crippen LogP contribution in [0.5, 0.6) is 0 Å². The predicted octanol–water partition coefficient (Wildman–Crippen LogP) is 5.03. The van der Waals surface area contributed by atoms with Crippen molar-refractivity contribution in [2.45, 2.75) is 83.2 Å². The fraction of sp³-hybridized carbons (Fsp3) is 0.769. The van der Waals surface area contributed by atoms with E-state index in [9.17, 15) is 9.90 Å². The van der Waals surface area contributed by atoms with Crippen LogP contribution in [0.15, 0.2) is 24.5 Å². The maximum Gasteiger partial charge on any atom is 0.256 e. The summed E-state index contributed by atoms with van der Waals surface area (Å²) in [6, 6.07) is 4.06. The molecule has 0 saturated heterocycles. The molecule has 0 aliphatic heterocycles. The number of carbonyl (C=O) groups is 1. The fourth-order valence-electron chi connectivity index (χ4n) is 6.80. The van der Waals surface area contributed by atoms with Crippen molar-refractivity contribution in [2.24, 2.45) is 17.3 Å². The van der Waals surface area contributed by atoms with Crippen molar-refractivity contribution >= 4 is 17.7 Å². The van der Waals surface area contributed by atoms with E-state index in [0.29, 0.717) is 30.7 Å². The standard InChI is InChI=1S/C26H40N2O3S/c1-2-3-4-11-28(24(29)19-32-13-7-21-5-9-27-10-6-21)31-12-8-25-15-22-14-23(16-25)18-26(30,17-22)20-25/h5-6,9-10,22-23,30H,2-4,7-8,11-20H2,1H3. The van der Waals surface area contributed by atoms with E-state index in [1.54, 1.807) is 16.8 Å². The van der Waals surface area contributed by atoms with Gasteiger partial charge in [-0.1, -0.05) is 19.8 Å². The molecule has 32 heavy (non-hydrogen) atoms. The van der Waals surface area contributed by atoms with Gasteiger partial charge in [0.1, 0.15) is 0 Å². The van der Waals surface area contributed by atoms with E-state index in [-0.39, 0.29) is 11.3 Å². The van der Waals surface area contributed by atoms with Crippen molar-refractivity contribution in [1.82, 2.24) is 10.0 Å². The Bertz CT molecular complexity index is 730. The molecular weight excluding hydrogens is 420 g/mol. The second kappa shape index (κ2) is 10.9. The largest absolute Gasteiger partial charge is 0.390 e. The highest BCUT2D eigenvalue weighted by molar-refractivity contribution is 7.99. The number of aromatic nitrogens is 1. The Kier molecular flexibility index (Phi) is 8.17. The van der Waals surface area contributed by atoms with Crippen LogP contribution < -0.4 is 0 Å². The van der Waals surface area contributed by atoms with Crippen molar-refractivity contribution < 1.29 is 14.7 Å². The van der Waals surface area contributed by atoms with Gasteiger partial charge in [0, 0.05) is 18.9 Å². The van der Waals surface area contributed by atoms with Gasteiger partial charge in [-0.2, -0.15) is 11.8 Å². The monoisotopic (exact) mass is 460 g/mol. The average Bonchev–Trinajstić information content (AvgIpc) is 2.74. The first-order valence-electron chi connectivity index (χ1n) is 12.6. The number of aryl methyl sites for hydroxylation is 1. The zero-order chi connectivity index (χ0) is 22.4. The van der Waals surface area contributed by atoms with Gasteiger partial charge in [-0.15, -0.1) is 0 Å². The molecular formula is C26H40N2O3S. The summed E-state index contributed by atoms with van der Waals surface area (Å²) >= 11 is 1.68. The highest BCUT2D eigenvalue weighted by Crippen LogP contribution is 2.62. The second-order valence-corrected chi connectivity index (χ2v) is 11.7. The van der Waals surface area contributed by atoms with Crippen molar-refractivity contribution in [3.05, 3.63) is 30.1 Å². The third kappa shape index (κ3) is 6.27. The minimum atomic E-state index is -0.424. The number of hydrogen-bond acceptors (Lipinski definition) is 5. The summed E-state index contributed by atoms with van der Waals surface area (Å²) in [6.07, 6.45) is 15.5. The van der Waals surface area contributed by atoms with E-state index in [1.165, 1.54) is 24.8 Å². The zero-order valence-electron chi connectivity index (χ0n) is 19.6. The van der Waals surface area contributed by atoms with Crippen LogP contribution in [-0.2, 0) is 16.1 Å². The van der Waals surface area contributed by atoms with E-state index in [2.05, 4.69) is 11.9 Å². The van der Waals surface area contributed by atoms with Crippen LogP contribution in [0.1, 0.15) is 76.7 Å². The number of hydroxylamine groups is 2. The Balaban J connectivity index is 1.23. The summed E-state index contributed by atoms with van der Waals surface area (Å²) < 4.78 is 0. The second-order valence-electron chi connectivity index (χ2n) is 10.6. The van der Waals surface area contributed by atoms with Crippen molar-refractivity contribution in [1.29, 1.82) is 0 Å². The molecule has 5 nitrogen and oxygen atoms in total. The van der Waals surface area contributed by atoms with Crippen LogP contribution in [0.25, 0.3) is 0 Å². The third-order valence-electron chi connectivity index (χ3n) is 7.78. The maximum absolute atomic E-state index is 12.9. The number of aliphatic hydroxyl groups is 1.